The molecule has 0 saturated carbocycles. The molecule has 1 aliphatic rings. The Bertz CT molecular complexity index is 393. The summed E-state index contributed by atoms with van der Waals surface area (Å²) in [7, 11) is 0. The number of allylic oxidation sites excluding steroid dienone is 3. The maximum atomic E-state index is 4.04. The number of hydrogen-bond acceptors (Lipinski definition) is 0. The highest BCUT2D eigenvalue weighted by Crippen LogP contribution is 2.28. The van der Waals surface area contributed by atoms with Gasteiger partial charge in [-0.1, -0.05) is 55.8 Å². The summed E-state index contributed by atoms with van der Waals surface area (Å²) in [4.78, 5) is 0. The Balaban J connectivity index is 2.12. The second kappa shape index (κ2) is 5.16. The fourth-order valence-corrected chi connectivity index (χ4v) is 2.22. The van der Waals surface area contributed by atoms with Crippen molar-refractivity contribution in [1.82, 2.24) is 0 Å². The van der Waals surface area contributed by atoms with Crippen LogP contribution in [-0.2, 0) is 6.42 Å². The van der Waals surface area contributed by atoms with Gasteiger partial charge >= 0.3 is 0 Å². The van der Waals surface area contributed by atoms with Crippen LogP contribution in [0.25, 0.3) is 5.57 Å². The molecule has 0 amide bonds. The highest BCUT2D eigenvalue weighted by atomic mass is 14.1. The molecule has 1 aromatic rings. The summed E-state index contributed by atoms with van der Waals surface area (Å²) in [6, 6.07) is 9.07. The zero-order valence-electron chi connectivity index (χ0n) is 10.1. The average molecular weight is 212 g/mol. The van der Waals surface area contributed by atoms with Crippen molar-refractivity contribution in [3.63, 3.8) is 0 Å². The number of aryl methyl sites for hydroxylation is 1. The van der Waals surface area contributed by atoms with Gasteiger partial charge in [0.25, 0.3) is 0 Å². The zero-order chi connectivity index (χ0) is 11.4. The summed E-state index contributed by atoms with van der Waals surface area (Å²) < 4.78 is 0. The molecule has 2 rings (SSSR count). The molecular formula is C16H20. The highest BCUT2D eigenvalue weighted by Gasteiger charge is 2.07. The van der Waals surface area contributed by atoms with Gasteiger partial charge in [0.2, 0.25) is 0 Å². The van der Waals surface area contributed by atoms with Gasteiger partial charge in [-0.05, 0) is 42.4 Å². The van der Waals surface area contributed by atoms with Crippen LogP contribution in [0.3, 0.4) is 0 Å². The molecule has 1 aromatic carbocycles. The lowest BCUT2D eigenvalue weighted by Crippen LogP contribution is -1.94. The first-order valence-corrected chi connectivity index (χ1v) is 6.24. The second-order valence-electron chi connectivity index (χ2n) is 4.63. The van der Waals surface area contributed by atoms with Crippen LogP contribution in [0.1, 0.15) is 43.7 Å². The summed E-state index contributed by atoms with van der Waals surface area (Å²) in [5.41, 5.74) is 5.71. The molecule has 0 aromatic heterocycles. The summed E-state index contributed by atoms with van der Waals surface area (Å²) in [5, 5.41) is 0. The normalized spacial score (nSPS) is 16.1. The van der Waals surface area contributed by atoms with E-state index >= 15 is 0 Å². The van der Waals surface area contributed by atoms with E-state index in [9.17, 15) is 0 Å². The molecule has 0 saturated heterocycles. The predicted octanol–water partition coefficient (Wildman–Crippen LogP) is 4.76. The molecule has 0 radical (unpaired) electrons. The fraction of sp³-hybridized carbons (Fsp3) is 0.375. The van der Waals surface area contributed by atoms with Gasteiger partial charge in [-0.25, -0.2) is 0 Å². The van der Waals surface area contributed by atoms with Crippen molar-refractivity contribution in [1.29, 1.82) is 0 Å². The van der Waals surface area contributed by atoms with Crippen molar-refractivity contribution < 1.29 is 0 Å². The highest BCUT2D eigenvalue weighted by molar-refractivity contribution is 5.67. The summed E-state index contributed by atoms with van der Waals surface area (Å²) in [6.45, 7) is 6.26. The average Bonchev–Trinajstić information content (AvgIpc) is 2.32. The van der Waals surface area contributed by atoms with E-state index in [1.807, 2.05) is 0 Å². The van der Waals surface area contributed by atoms with Gasteiger partial charge in [0.15, 0.2) is 0 Å². The van der Waals surface area contributed by atoms with E-state index in [-0.39, 0.29) is 0 Å². The minimum absolute atomic E-state index is 1.06. The lowest BCUT2D eigenvalue weighted by Gasteiger charge is -2.15. The second-order valence-corrected chi connectivity index (χ2v) is 4.63. The topological polar surface area (TPSA) is 0 Å². The van der Waals surface area contributed by atoms with Crippen molar-refractivity contribution in [3.8, 4) is 0 Å². The molecular weight excluding hydrogens is 192 g/mol. The Labute approximate surface area is 98.7 Å². The van der Waals surface area contributed by atoms with Crippen LogP contribution in [-0.4, -0.2) is 0 Å². The largest absolute Gasteiger partial charge is 0.0995 e. The smallest absolute Gasteiger partial charge is 0.0135 e. The Kier molecular flexibility index (Phi) is 3.61. The van der Waals surface area contributed by atoms with Crippen LogP contribution in [0.2, 0.25) is 0 Å². The van der Waals surface area contributed by atoms with E-state index in [2.05, 4.69) is 43.8 Å². The monoisotopic (exact) mass is 212 g/mol. The lowest BCUT2D eigenvalue weighted by molar-refractivity contribution is 0.915. The van der Waals surface area contributed by atoms with Crippen molar-refractivity contribution in [2.75, 3.05) is 0 Å². The van der Waals surface area contributed by atoms with Crippen LogP contribution in [0, 0.1) is 0 Å². The molecule has 0 heteroatoms. The standard InChI is InChI=1S/C16H20/c1-3-4-14-7-11-16(12-8-14)15-9-5-13(2)6-10-15/h7-9,11-12H,2-6,10H2,1H3. The van der Waals surface area contributed by atoms with Crippen LogP contribution in [0.15, 0.2) is 42.5 Å². The number of benzene rings is 1. The van der Waals surface area contributed by atoms with Gasteiger partial charge in [-0.15, -0.1) is 0 Å². The van der Waals surface area contributed by atoms with E-state index in [0.29, 0.717) is 0 Å². The Hall–Kier alpha value is -1.30. The van der Waals surface area contributed by atoms with Crippen LogP contribution >= 0.6 is 0 Å². The van der Waals surface area contributed by atoms with Gasteiger partial charge in [0.05, 0.1) is 0 Å². The molecule has 0 atom stereocenters. The summed E-state index contributed by atoms with van der Waals surface area (Å²) >= 11 is 0. The SMILES string of the molecule is C=C1CC=C(c2ccc(CCC)cc2)CC1. The number of rotatable bonds is 3. The third-order valence-electron chi connectivity index (χ3n) is 3.25. The van der Waals surface area contributed by atoms with E-state index in [1.54, 1.807) is 0 Å². The van der Waals surface area contributed by atoms with Crippen molar-refractivity contribution in [2.45, 2.75) is 39.0 Å². The summed E-state index contributed by atoms with van der Waals surface area (Å²) in [5.74, 6) is 0. The van der Waals surface area contributed by atoms with E-state index in [0.717, 1.165) is 19.3 Å². The molecule has 0 unspecified atom stereocenters. The molecule has 1 aliphatic carbocycles. The first-order valence-electron chi connectivity index (χ1n) is 6.24. The van der Waals surface area contributed by atoms with E-state index in [1.165, 1.54) is 35.1 Å². The first kappa shape index (κ1) is 11.2. The maximum absolute atomic E-state index is 4.04. The quantitative estimate of drug-likeness (QED) is 0.633. The molecule has 0 fully saturated rings. The van der Waals surface area contributed by atoms with Crippen LogP contribution in [0.4, 0.5) is 0 Å². The predicted molar refractivity (Wildman–Crippen MR) is 71.4 cm³/mol. The fourth-order valence-electron chi connectivity index (χ4n) is 2.22. The van der Waals surface area contributed by atoms with Gasteiger partial charge in [0.1, 0.15) is 0 Å². The molecule has 84 valence electrons. The van der Waals surface area contributed by atoms with Crippen LogP contribution < -0.4 is 0 Å². The third kappa shape index (κ3) is 2.63. The number of hydrogen-bond donors (Lipinski definition) is 0. The molecule has 16 heavy (non-hydrogen) atoms. The van der Waals surface area contributed by atoms with E-state index < -0.39 is 0 Å². The molecule has 0 nitrogen and oxygen atoms in total. The zero-order valence-corrected chi connectivity index (χ0v) is 10.1. The van der Waals surface area contributed by atoms with Crippen molar-refractivity contribution in [2.24, 2.45) is 0 Å². The van der Waals surface area contributed by atoms with Gasteiger partial charge < -0.3 is 0 Å². The molecule has 0 heterocycles. The third-order valence-corrected chi connectivity index (χ3v) is 3.25. The minimum atomic E-state index is 1.06. The van der Waals surface area contributed by atoms with Crippen LogP contribution in [0.5, 0.6) is 0 Å². The van der Waals surface area contributed by atoms with Gasteiger partial charge in [0, 0.05) is 0 Å². The summed E-state index contributed by atoms with van der Waals surface area (Å²) in [6.07, 6.45) is 8.12. The first-order chi connectivity index (χ1) is 7.79. The molecule has 0 spiro atoms. The van der Waals surface area contributed by atoms with E-state index in [4.69, 9.17) is 0 Å². The van der Waals surface area contributed by atoms with Gasteiger partial charge in [-0.2, -0.15) is 0 Å². The van der Waals surface area contributed by atoms with Crippen molar-refractivity contribution >= 4 is 5.57 Å². The van der Waals surface area contributed by atoms with Gasteiger partial charge in [-0.3, -0.25) is 0 Å². The van der Waals surface area contributed by atoms with Crippen molar-refractivity contribution in [3.05, 3.63) is 53.6 Å². The Morgan fingerprint density at radius 3 is 2.44 bits per heavy atom. The maximum Gasteiger partial charge on any atom is -0.0135 e. The Morgan fingerprint density at radius 1 is 1.12 bits per heavy atom. The molecule has 0 bridgehead atoms. The minimum Gasteiger partial charge on any atom is -0.0995 e. The Morgan fingerprint density at radius 2 is 1.88 bits per heavy atom. The lowest BCUT2D eigenvalue weighted by atomic mass is 9.91. The molecule has 0 aliphatic heterocycles. The molecule has 0 N–H and O–H groups in total.